The molecule has 0 bridgehead atoms. The second kappa shape index (κ2) is 7.11. The molecule has 0 saturated carbocycles. The highest BCUT2D eigenvalue weighted by Gasteiger charge is 2.11. The topological polar surface area (TPSA) is 39.7 Å². The molecular weight excluding hydrogens is 230 g/mol. The van der Waals surface area contributed by atoms with Crippen LogP contribution < -0.4 is 19.5 Å². The number of hydrogen-bond donors (Lipinski definition) is 1. The van der Waals surface area contributed by atoms with Crippen molar-refractivity contribution >= 4 is 0 Å². The fourth-order valence-corrected chi connectivity index (χ4v) is 1.73. The molecule has 0 fully saturated rings. The van der Waals surface area contributed by atoms with Crippen molar-refractivity contribution in [2.45, 2.75) is 20.4 Å². The van der Waals surface area contributed by atoms with Crippen LogP contribution in [0.1, 0.15) is 19.4 Å². The standard InChI is InChI=1S/C14H23NO3/c1-10(2)8-15-9-11-6-13(17-4)14(18-5)7-12(11)16-3/h6-7,10,15H,8-9H2,1-5H3. The normalized spacial score (nSPS) is 10.6. The van der Waals surface area contributed by atoms with Gasteiger partial charge in [0.2, 0.25) is 0 Å². The van der Waals surface area contributed by atoms with Gasteiger partial charge in [-0.15, -0.1) is 0 Å². The minimum absolute atomic E-state index is 0.621. The highest BCUT2D eigenvalue weighted by Crippen LogP contribution is 2.34. The molecule has 0 heterocycles. The molecule has 0 amide bonds. The molecule has 102 valence electrons. The molecule has 0 spiro atoms. The van der Waals surface area contributed by atoms with E-state index in [-0.39, 0.29) is 0 Å². The van der Waals surface area contributed by atoms with Crippen LogP contribution in [0.2, 0.25) is 0 Å². The van der Waals surface area contributed by atoms with Crippen molar-refractivity contribution in [2.24, 2.45) is 5.92 Å². The first-order valence-corrected chi connectivity index (χ1v) is 6.12. The number of benzene rings is 1. The monoisotopic (exact) mass is 253 g/mol. The molecule has 0 radical (unpaired) electrons. The summed E-state index contributed by atoms with van der Waals surface area (Å²) in [5.74, 6) is 2.83. The summed E-state index contributed by atoms with van der Waals surface area (Å²) in [6.45, 7) is 6.08. The Balaban J connectivity index is 2.87. The van der Waals surface area contributed by atoms with Crippen LogP contribution in [0.4, 0.5) is 0 Å². The largest absolute Gasteiger partial charge is 0.496 e. The Hall–Kier alpha value is -1.42. The minimum atomic E-state index is 0.621. The molecule has 1 rings (SSSR count). The van der Waals surface area contributed by atoms with Gasteiger partial charge >= 0.3 is 0 Å². The summed E-state index contributed by atoms with van der Waals surface area (Å²) in [6, 6.07) is 3.80. The maximum absolute atomic E-state index is 5.37. The number of nitrogens with one attached hydrogen (secondary N) is 1. The predicted molar refractivity (Wildman–Crippen MR) is 72.6 cm³/mol. The van der Waals surface area contributed by atoms with Crippen molar-refractivity contribution in [3.63, 3.8) is 0 Å². The molecule has 0 aliphatic carbocycles. The van der Waals surface area contributed by atoms with Gasteiger partial charge in [-0.05, 0) is 18.5 Å². The van der Waals surface area contributed by atoms with Gasteiger partial charge in [0, 0.05) is 18.2 Å². The third-order valence-electron chi connectivity index (χ3n) is 2.65. The van der Waals surface area contributed by atoms with Gasteiger partial charge in [-0.3, -0.25) is 0 Å². The molecule has 0 aliphatic rings. The maximum atomic E-state index is 5.37. The molecule has 0 unspecified atom stereocenters. The molecule has 4 heteroatoms. The van der Waals surface area contributed by atoms with Crippen LogP contribution in [0.25, 0.3) is 0 Å². The van der Waals surface area contributed by atoms with Crippen molar-refractivity contribution in [1.82, 2.24) is 5.32 Å². The predicted octanol–water partition coefficient (Wildman–Crippen LogP) is 2.46. The number of rotatable bonds is 7. The van der Waals surface area contributed by atoms with Gasteiger partial charge in [-0.25, -0.2) is 0 Å². The van der Waals surface area contributed by atoms with Crippen molar-refractivity contribution in [3.8, 4) is 17.2 Å². The first-order valence-electron chi connectivity index (χ1n) is 6.12. The van der Waals surface area contributed by atoms with Crippen molar-refractivity contribution < 1.29 is 14.2 Å². The lowest BCUT2D eigenvalue weighted by atomic mass is 10.1. The van der Waals surface area contributed by atoms with Gasteiger partial charge in [0.1, 0.15) is 5.75 Å². The fourth-order valence-electron chi connectivity index (χ4n) is 1.73. The van der Waals surface area contributed by atoms with E-state index < -0.39 is 0 Å². The highest BCUT2D eigenvalue weighted by molar-refractivity contribution is 5.50. The van der Waals surface area contributed by atoms with Crippen LogP contribution in [0, 0.1) is 5.92 Å². The SMILES string of the molecule is COc1cc(OC)c(OC)cc1CNCC(C)C. The number of methoxy groups -OCH3 is 3. The summed E-state index contributed by atoms with van der Waals surface area (Å²) in [6.07, 6.45) is 0. The van der Waals surface area contributed by atoms with Gasteiger partial charge in [-0.2, -0.15) is 0 Å². The summed E-state index contributed by atoms with van der Waals surface area (Å²) in [5, 5.41) is 3.39. The number of ether oxygens (including phenoxy) is 3. The average molecular weight is 253 g/mol. The van der Waals surface area contributed by atoms with E-state index in [1.54, 1.807) is 21.3 Å². The lowest BCUT2D eigenvalue weighted by Gasteiger charge is -2.15. The molecule has 1 N–H and O–H groups in total. The molecule has 0 atom stereocenters. The van der Waals surface area contributed by atoms with Crippen LogP contribution >= 0.6 is 0 Å². The van der Waals surface area contributed by atoms with Gasteiger partial charge in [0.25, 0.3) is 0 Å². The molecule has 18 heavy (non-hydrogen) atoms. The zero-order chi connectivity index (χ0) is 13.5. The van der Waals surface area contributed by atoms with Crippen molar-refractivity contribution in [1.29, 1.82) is 0 Å². The summed E-state index contributed by atoms with van der Waals surface area (Å²) in [7, 11) is 4.91. The lowest BCUT2D eigenvalue weighted by Crippen LogP contribution is -2.19. The minimum Gasteiger partial charge on any atom is -0.496 e. The zero-order valence-corrected chi connectivity index (χ0v) is 11.9. The van der Waals surface area contributed by atoms with E-state index in [2.05, 4.69) is 19.2 Å². The smallest absolute Gasteiger partial charge is 0.164 e. The maximum Gasteiger partial charge on any atom is 0.164 e. The Kier molecular flexibility index (Phi) is 5.78. The molecule has 1 aromatic rings. The van der Waals surface area contributed by atoms with Crippen molar-refractivity contribution in [2.75, 3.05) is 27.9 Å². The third-order valence-corrected chi connectivity index (χ3v) is 2.65. The molecule has 0 saturated heterocycles. The quantitative estimate of drug-likeness (QED) is 0.810. The Morgan fingerprint density at radius 2 is 1.50 bits per heavy atom. The summed E-state index contributed by atoms with van der Waals surface area (Å²) >= 11 is 0. The van der Waals surface area contributed by atoms with E-state index in [1.807, 2.05) is 12.1 Å². The summed E-state index contributed by atoms with van der Waals surface area (Å²) < 4.78 is 15.9. The Labute approximate surface area is 109 Å². The van der Waals surface area contributed by atoms with Crippen LogP contribution in [-0.2, 0) is 6.54 Å². The molecule has 0 aliphatic heterocycles. The van der Waals surface area contributed by atoms with E-state index in [9.17, 15) is 0 Å². The van der Waals surface area contributed by atoms with E-state index >= 15 is 0 Å². The Morgan fingerprint density at radius 1 is 0.944 bits per heavy atom. The van der Waals surface area contributed by atoms with E-state index in [0.717, 1.165) is 30.2 Å². The summed E-state index contributed by atoms with van der Waals surface area (Å²) in [4.78, 5) is 0. The van der Waals surface area contributed by atoms with E-state index in [1.165, 1.54) is 0 Å². The lowest BCUT2D eigenvalue weighted by molar-refractivity contribution is 0.347. The van der Waals surface area contributed by atoms with E-state index in [4.69, 9.17) is 14.2 Å². The van der Waals surface area contributed by atoms with Gasteiger partial charge in [0.05, 0.1) is 21.3 Å². The first kappa shape index (κ1) is 14.6. The van der Waals surface area contributed by atoms with Crippen LogP contribution in [0.3, 0.4) is 0 Å². The number of hydrogen-bond acceptors (Lipinski definition) is 4. The highest BCUT2D eigenvalue weighted by atomic mass is 16.5. The Bertz CT molecular complexity index is 378. The van der Waals surface area contributed by atoms with Gasteiger partial charge < -0.3 is 19.5 Å². The van der Waals surface area contributed by atoms with Gasteiger partial charge in [0.15, 0.2) is 11.5 Å². The zero-order valence-electron chi connectivity index (χ0n) is 11.9. The average Bonchev–Trinajstić information content (AvgIpc) is 2.37. The van der Waals surface area contributed by atoms with E-state index in [0.29, 0.717) is 11.7 Å². The molecular formula is C14H23NO3. The second-order valence-corrected chi connectivity index (χ2v) is 4.54. The first-order chi connectivity index (χ1) is 8.62. The van der Waals surface area contributed by atoms with Gasteiger partial charge in [-0.1, -0.05) is 13.8 Å². The van der Waals surface area contributed by atoms with Crippen LogP contribution in [0.5, 0.6) is 17.2 Å². The Morgan fingerprint density at radius 3 is 2.00 bits per heavy atom. The fraction of sp³-hybridized carbons (Fsp3) is 0.571. The second-order valence-electron chi connectivity index (χ2n) is 4.54. The van der Waals surface area contributed by atoms with Crippen LogP contribution in [-0.4, -0.2) is 27.9 Å². The molecule has 4 nitrogen and oxygen atoms in total. The van der Waals surface area contributed by atoms with Crippen molar-refractivity contribution in [3.05, 3.63) is 17.7 Å². The molecule has 1 aromatic carbocycles. The third kappa shape index (κ3) is 3.81. The van der Waals surface area contributed by atoms with Crippen LogP contribution in [0.15, 0.2) is 12.1 Å². The summed E-state index contributed by atoms with van der Waals surface area (Å²) in [5.41, 5.74) is 1.07. The molecule has 0 aromatic heterocycles.